The number of amides is 3. The molecule has 0 saturated heterocycles. The Kier molecular flexibility index (Phi) is 7.31. The van der Waals surface area contributed by atoms with Crippen LogP contribution in [-0.2, 0) is 13.1 Å². The molecule has 0 spiro atoms. The third-order valence-electron chi connectivity index (χ3n) is 4.82. The van der Waals surface area contributed by atoms with Crippen LogP contribution in [0.3, 0.4) is 0 Å². The van der Waals surface area contributed by atoms with Crippen LogP contribution in [0.1, 0.15) is 28.4 Å². The fourth-order valence-electron chi connectivity index (χ4n) is 3.03. The van der Waals surface area contributed by atoms with Gasteiger partial charge in [-0.05, 0) is 48.9 Å². The van der Waals surface area contributed by atoms with Gasteiger partial charge in [-0.2, -0.15) is 5.10 Å². The van der Waals surface area contributed by atoms with Crippen molar-refractivity contribution in [3.63, 3.8) is 0 Å². The van der Waals surface area contributed by atoms with E-state index >= 15 is 0 Å². The fourth-order valence-corrected chi connectivity index (χ4v) is 3.16. The molecule has 1 aromatic heterocycles. The van der Waals surface area contributed by atoms with Crippen molar-refractivity contribution in [2.24, 2.45) is 0 Å². The summed E-state index contributed by atoms with van der Waals surface area (Å²) < 4.78 is 1.74. The second kappa shape index (κ2) is 10.1. The minimum atomic E-state index is -0.157. The summed E-state index contributed by atoms with van der Waals surface area (Å²) in [5.41, 5.74) is 3.38. The van der Waals surface area contributed by atoms with Gasteiger partial charge >= 0.3 is 6.03 Å². The molecule has 7 nitrogen and oxygen atoms in total. The molecular weight excluding hydrogens is 414 g/mol. The maximum absolute atomic E-state index is 12.6. The maximum atomic E-state index is 12.6. The lowest BCUT2D eigenvalue weighted by atomic mass is 10.1. The number of carbonyl (C=O) groups is 2. The Hall–Kier alpha value is -3.32. The van der Waals surface area contributed by atoms with Gasteiger partial charge in [-0.1, -0.05) is 23.7 Å². The van der Waals surface area contributed by atoms with Crippen molar-refractivity contribution in [1.82, 2.24) is 24.9 Å². The summed E-state index contributed by atoms with van der Waals surface area (Å²) in [4.78, 5) is 27.9. The summed E-state index contributed by atoms with van der Waals surface area (Å²) in [5, 5.41) is 7.95. The van der Waals surface area contributed by atoms with Crippen LogP contribution in [-0.4, -0.2) is 52.2 Å². The van der Waals surface area contributed by atoms with Crippen molar-refractivity contribution in [1.29, 1.82) is 0 Å². The highest BCUT2D eigenvalue weighted by atomic mass is 35.5. The lowest BCUT2D eigenvalue weighted by Crippen LogP contribution is -2.39. The topological polar surface area (TPSA) is 70.5 Å². The number of carbonyl (C=O) groups excluding carboxylic acids is 2. The lowest BCUT2D eigenvalue weighted by molar-refractivity contribution is 0.0827. The first-order valence-corrected chi connectivity index (χ1v) is 10.4. The number of nitrogens with one attached hydrogen (secondary N) is 1. The first kappa shape index (κ1) is 22.4. The summed E-state index contributed by atoms with van der Waals surface area (Å²) in [6.45, 7) is 3.33. The second-order valence-corrected chi connectivity index (χ2v) is 7.78. The first-order valence-electron chi connectivity index (χ1n) is 10.00. The van der Waals surface area contributed by atoms with Crippen molar-refractivity contribution in [2.45, 2.75) is 20.0 Å². The van der Waals surface area contributed by atoms with Gasteiger partial charge in [0.05, 0.1) is 11.9 Å². The number of nitrogens with zero attached hydrogens (tertiary/aromatic N) is 4. The molecule has 162 valence electrons. The van der Waals surface area contributed by atoms with Gasteiger partial charge in [0.2, 0.25) is 0 Å². The average molecular weight is 440 g/mol. The summed E-state index contributed by atoms with van der Waals surface area (Å²) in [7, 11) is 3.44. The summed E-state index contributed by atoms with van der Waals surface area (Å²) in [5.74, 6) is -0.0456. The number of rotatable bonds is 7. The highest BCUT2D eigenvalue weighted by molar-refractivity contribution is 6.30. The number of benzene rings is 2. The average Bonchev–Trinajstić information content (AvgIpc) is 3.25. The highest BCUT2D eigenvalue weighted by Crippen LogP contribution is 2.14. The van der Waals surface area contributed by atoms with Crippen molar-refractivity contribution >= 4 is 23.5 Å². The van der Waals surface area contributed by atoms with E-state index in [0.717, 1.165) is 16.8 Å². The Labute approximate surface area is 187 Å². The van der Waals surface area contributed by atoms with Crippen LogP contribution in [0.15, 0.2) is 60.9 Å². The molecule has 0 radical (unpaired) electrons. The standard InChI is InChI=1S/C23H26ClN5O2/c1-4-28(15-17-5-7-19(8-6-17)22(30)27(2)3)23(31)25-13-18-14-26-29(16-18)21-11-9-20(24)10-12-21/h5-12,14,16H,4,13,15H2,1-3H3,(H,25,31). The Bertz CT molecular complexity index is 1030. The molecule has 0 bridgehead atoms. The molecule has 1 N–H and O–H groups in total. The normalized spacial score (nSPS) is 10.6. The molecule has 8 heteroatoms. The molecule has 0 aliphatic carbocycles. The third-order valence-corrected chi connectivity index (χ3v) is 5.07. The molecule has 0 aliphatic heterocycles. The third kappa shape index (κ3) is 5.86. The molecule has 2 aromatic carbocycles. The molecule has 1 heterocycles. The Balaban J connectivity index is 1.56. The van der Waals surface area contributed by atoms with E-state index < -0.39 is 0 Å². The van der Waals surface area contributed by atoms with E-state index in [0.29, 0.717) is 30.2 Å². The molecule has 0 unspecified atom stereocenters. The molecule has 3 rings (SSSR count). The van der Waals surface area contributed by atoms with Gasteiger partial charge in [0.1, 0.15) is 0 Å². The van der Waals surface area contributed by atoms with Gasteiger partial charge in [0.15, 0.2) is 0 Å². The lowest BCUT2D eigenvalue weighted by Gasteiger charge is -2.21. The minimum absolute atomic E-state index is 0.0456. The fraction of sp³-hybridized carbons (Fsp3) is 0.261. The van der Waals surface area contributed by atoms with Crippen molar-refractivity contribution < 1.29 is 9.59 Å². The molecule has 3 aromatic rings. The zero-order valence-electron chi connectivity index (χ0n) is 17.9. The largest absolute Gasteiger partial charge is 0.345 e. The second-order valence-electron chi connectivity index (χ2n) is 7.34. The van der Waals surface area contributed by atoms with Gasteiger partial charge in [0, 0.05) is 56.1 Å². The highest BCUT2D eigenvalue weighted by Gasteiger charge is 2.13. The molecule has 0 fully saturated rings. The van der Waals surface area contributed by atoms with E-state index in [-0.39, 0.29) is 11.9 Å². The number of halogens is 1. The van der Waals surface area contributed by atoms with Crippen LogP contribution in [0.25, 0.3) is 5.69 Å². The van der Waals surface area contributed by atoms with Gasteiger partial charge in [-0.25, -0.2) is 9.48 Å². The number of hydrogen-bond donors (Lipinski definition) is 1. The monoisotopic (exact) mass is 439 g/mol. The predicted octanol–water partition coefficient (Wildman–Crippen LogP) is 3.96. The van der Waals surface area contributed by atoms with Gasteiger partial charge < -0.3 is 15.1 Å². The van der Waals surface area contributed by atoms with E-state index in [9.17, 15) is 9.59 Å². The molecular formula is C23H26ClN5O2. The molecule has 31 heavy (non-hydrogen) atoms. The molecule has 0 atom stereocenters. The van der Waals surface area contributed by atoms with Crippen LogP contribution in [0.2, 0.25) is 5.02 Å². The van der Waals surface area contributed by atoms with Crippen LogP contribution in [0.4, 0.5) is 4.79 Å². The molecule has 3 amide bonds. The Morgan fingerprint density at radius 3 is 2.32 bits per heavy atom. The summed E-state index contributed by atoms with van der Waals surface area (Å²) >= 11 is 5.93. The van der Waals surface area contributed by atoms with Crippen LogP contribution in [0, 0.1) is 0 Å². The van der Waals surface area contributed by atoms with Gasteiger partial charge in [-0.3, -0.25) is 4.79 Å². The van der Waals surface area contributed by atoms with E-state index in [1.54, 1.807) is 42.0 Å². The smallest absolute Gasteiger partial charge is 0.317 e. The van der Waals surface area contributed by atoms with E-state index in [1.807, 2.05) is 49.5 Å². The Morgan fingerprint density at radius 2 is 1.71 bits per heavy atom. The number of aromatic nitrogens is 2. The zero-order chi connectivity index (χ0) is 22.4. The van der Waals surface area contributed by atoms with Crippen molar-refractivity contribution in [3.05, 3.63) is 82.6 Å². The van der Waals surface area contributed by atoms with Crippen LogP contribution < -0.4 is 5.32 Å². The molecule has 0 saturated carbocycles. The SMILES string of the molecule is CCN(Cc1ccc(C(=O)N(C)C)cc1)C(=O)NCc1cnn(-c2ccc(Cl)cc2)c1. The zero-order valence-corrected chi connectivity index (χ0v) is 18.6. The summed E-state index contributed by atoms with van der Waals surface area (Å²) in [6, 6.07) is 14.6. The van der Waals surface area contributed by atoms with Crippen LogP contribution in [0.5, 0.6) is 0 Å². The number of urea groups is 1. The number of hydrogen-bond acceptors (Lipinski definition) is 3. The van der Waals surface area contributed by atoms with E-state index in [2.05, 4.69) is 10.4 Å². The molecule has 0 aliphatic rings. The minimum Gasteiger partial charge on any atom is -0.345 e. The maximum Gasteiger partial charge on any atom is 0.317 e. The van der Waals surface area contributed by atoms with Crippen molar-refractivity contribution in [3.8, 4) is 5.69 Å². The predicted molar refractivity (Wildman–Crippen MR) is 121 cm³/mol. The van der Waals surface area contributed by atoms with E-state index in [1.165, 1.54) is 4.90 Å². The van der Waals surface area contributed by atoms with Crippen LogP contribution >= 0.6 is 11.6 Å². The first-order chi connectivity index (χ1) is 14.9. The van der Waals surface area contributed by atoms with Gasteiger partial charge in [-0.15, -0.1) is 0 Å². The summed E-state index contributed by atoms with van der Waals surface area (Å²) in [6.07, 6.45) is 3.60. The van der Waals surface area contributed by atoms with Crippen molar-refractivity contribution in [2.75, 3.05) is 20.6 Å². The van der Waals surface area contributed by atoms with Gasteiger partial charge in [0.25, 0.3) is 5.91 Å². The van der Waals surface area contributed by atoms with E-state index in [4.69, 9.17) is 11.6 Å². The quantitative estimate of drug-likeness (QED) is 0.605. The Morgan fingerprint density at radius 1 is 1.03 bits per heavy atom.